The molecule has 0 saturated carbocycles. The van der Waals surface area contributed by atoms with E-state index in [0.717, 1.165) is 16.9 Å². The summed E-state index contributed by atoms with van der Waals surface area (Å²) in [6.45, 7) is 7.91. The van der Waals surface area contributed by atoms with E-state index in [9.17, 15) is 0 Å². The maximum absolute atomic E-state index is 5.23. The molecule has 1 aromatic carbocycles. The topological polar surface area (TPSA) is 9.23 Å². The molecule has 0 heterocycles. The highest BCUT2D eigenvalue weighted by atomic mass is 16.5. The molecular weight excluding hydrogens is 148 g/mol. The van der Waals surface area contributed by atoms with E-state index in [1.165, 1.54) is 5.56 Å². The zero-order valence-electron chi connectivity index (χ0n) is 7.85. The molecule has 0 spiro atoms. The van der Waals surface area contributed by atoms with Gasteiger partial charge >= 0.3 is 0 Å². The number of benzene rings is 1. The van der Waals surface area contributed by atoms with Gasteiger partial charge in [-0.05, 0) is 31.1 Å². The van der Waals surface area contributed by atoms with Gasteiger partial charge in [0.2, 0.25) is 0 Å². The third kappa shape index (κ3) is 1.67. The van der Waals surface area contributed by atoms with Crippen LogP contribution in [0, 0.1) is 6.92 Å². The van der Waals surface area contributed by atoms with Crippen molar-refractivity contribution in [2.24, 2.45) is 0 Å². The summed E-state index contributed by atoms with van der Waals surface area (Å²) in [5.74, 6) is 0.905. The number of ether oxygens (including phenoxy) is 1. The second-order valence-electron chi connectivity index (χ2n) is 2.98. The van der Waals surface area contributed by atoms with Gasteiger partial charge in [-0.2, -0.15) is 0 Å². The molecule has 0 radical (unpaired) electrons. The van der Waals surface area contributed by atoms with E-state index < -0.39 is 0 Å². The van der Waals surface area contributed by atoms with Crippen molar-refractivity contribution in [3.63, 3.8) is 0 Å². The molecule has 1 aromatic rings. The predicted octanol–water partition coefficient (Wildman–Crippen LogP) is 3.04. The van der Waals surface area contributed by atoms with Crippen molar-refractivity contribution in [3.8, 4) is 5.75 Å². The van der Waals surface area contributed by atoms with Crippen molar-refractivity contribution in [2.45, 2.75) is 13.8 Å². The first-order chi connectivity index (χ1) is 5.65. The highest BCUT2D eigenvalue weighted by molar-refractivity contribution is 5.67. The Labute approximate surface area is 73.7 Å². The second-order valence-corrected chi connectivity index (χ2v) is 2.98. The molecule has 1 nitrogen and oxygen atoms in total. The standard InChI is InChI=1S/C11H14O/c1-8(2)10-6-5-9(3)7-11(10)12-4/h5-7H,1H2,2-4H3. The highest BCUT2D eigenvalue weighted by Gasteiger charge is 2.02. The van der Waals surface area contributed by atoms with E-state index in [0.29, 0.717) is 0 Å². The Balaban J connectivity index is 3.20. The number of hydrogen-bond acceptors (Lipinski definition) is 1. The molecule has 0 N–H and O–H groups in total. The van der Waals surface area contributed by atoms with E-state index in [1.807, 2.05) is 26.0 Å². The fourth-order valence-electron chi connectivity index (χ4n) is 1.15. The summed E-state index contributed by atoms with van der Waals surface area (Å²) < 4.78 is 5.23. The van der Waals surface area contributed by atoms with Gasteiger partial charge in [-0.25, -0.2) is 0 Å². The monoisotopic (exact) mass is 162 g/mol. The highest BCUT2D eigenvalue weighted by Crippen LogP contribution is 2.25. The van der Waals surface area contributed by atoms with Crippen molar-refractivity contribution < 1.29 is 4.74 Å². The molecule has 1 rings (SSSR count). The van der Waals surface area contributed by atoms with Crippen molar-refractivity contribution in [1.29, 1.82) is 0 Å². The van der Waals surface area contributed by atoms with Crippen LogP contribution >= 0.6 is 0 Å². The molecule has 0 unspecified atom stereocenters. The van der Waals surface area contributed by atoms with Crippen molar-refractivity contribution in [1.82, 2.24) is 0 Å². The average molecular weight is 162 g/mol. The minimum atomic E-state index is 0.905. The van der Waals surface area contributed by atoms with Gasteiger partial charge in [0.05, 0.1) is 7.11 Å². The average Bonchev–Trinajstić information content (AvgIpc) is 2.03. The van der Waals surface area contributed by atoms with Crippen LogP contribution in [-0.4, -0.2) is 7.11 Å². The van der Waals surface area contributed by atoms with E-state index in [2.05, 4.69) is 12.6 Å². The summed E-state index contributed by atoms with van der Waals surface area (Å²) in [5, 5.41) is 0. The Hall–Kier alpha value is -1.24. The lowest BCUT2D eigenvalue weighted by atomic mass is 10.1. The van der Waals surface area contributed by atoms with Crippen LogP contribution in [0.25, 0.3) is 5.57 Å². The smallest absolute Gasteiger partial charge is 0.126 e. The number of allylic oxidation sites excluding steroid dienone is 1. The summed E-state index contributed by atoms with van der Waals surface area (Å²) >= 11 is 0. The van der Waals surface area contributed by atoms with Crippen molar-refractivity contribution in [3.05, 3.63) is 35.9 Å². The van der Waals surface area contributed by atoms with Gasteiger partial charge in [0.1, 0.15) is 5.75 Å². The normalized spacial score (nSPS) is 9.58. The maximum Gasteiger partial charge on any atom is 0.126 e. The molecule has 0 aliphatic rings. The van der Waals surface area contributed by atoms with E-state index >= 15 is 0 Å². The zero-order chi connectivity index (χ0) is 9.14. The number of methoxy groups -OCH3 is 1. The number of hydrogen-bond donors (Lipinski definition) is 0. The van der Waals surface area contributed by atoms with Crippen molar-refractivity contribution in [2.75, 3.05) is 7.11 Å². The Morgan fingerprint density at radius 2 is 2.08 bits per heavy atom. The molecular formula is C11H14O. The third-order valence-electron chi connectivity index (χ3n) is 1.82. The molecule has 0 saturated heterocycles. The summed E-state index contributed by atoms with van der Waals surface area (Å²) in [4.78, 5) is 0. The number of rotatable bonds is 2. The van der Waals surface area contributed by atoms with Gasteiger partial charge in [0.25, 0.3) is 0 Å². The molecule has 0 aliphatic carbocycles. The third-order valence-corrected chi connectivity index (χ3v) is 1.82. The first-order valence-electron chi connectivity index (χ1n) is 3.95. The largest absolute Gasteiger partial charge is 0.496 e. The predicted molar refractivity (Wildman–Crippen MR) is 52.4 cm³/mol. The Kier molecular flexibility index (Phi) is 2.54. The SMILES string of the molecule is C=C(C)c1ccc(C)cc1OC. The summed E-state index contributed by atoms with van der Waals surface area (Å²) in [7, 11) is 1.68. The first-order valence-corrected chi connectivity index (χ1v) is 3.95. The van der Waals surface area contributed by atoms with Crippen LogP contribution < -0.4 is 4.74 Å². The Morgan fingerprint density at radius 3 is 2.58 bits per heavy atom. The summed E-state index contributed by atoms with van der Waals surface area (Å²) in [6, 6.07) is 6.12. The number of aryl methyl sites for hydroxylation is 1. The van der Waals surface area contributed by atoms with Gasteiger partial charge in [-0.1, -0.05) is 18.7 Å². The minimum Gasteiger partial charge on any atom is -0.496 e. The van der Waals surface area contributed by atoms with Gasteiger partial charge in [-0.15, -0.1) is 0 Å². The van der Waals surface area contributed by atoms with Crippen LogP contribution in [0.2, 0.25) is 0 Å². The molecule has 12 heavy (non-hydrogen) atoms. The fraction of sp³-hybridized carbons (Fsp3) is 0.273. The zero-order valence-corrected chi connectivity index (χ0v) is 7.85. The molecule has 0 aliphatic heterocycles. The minimum absolute atomic E-state index is 0.905. The van der Waals surface area contributed by atoms with Crippen LogP contribution in [0.3, 0.4) is 0 Å². The molecule has 0 atom stereocenters. The van der Waals surface area contributed by atoms with Crippen LogP contribution in [0.1, 0.15) is 18.1 Å². The van der Waals surface area contributed by atoms with E-state index in [4.69, 9.17) is 4.74 Å². The fourth-order valence-corrected chi connectivity index (χ4v) is 1.15. The first kappa shape index (κ1) is 8.85. The Bertz CT molecular complexity index is 300. The van der Waals surface area contributed by atoms with Gasteiger partial charge < -0.3 is 4.74 Å². The van der Waals surface area contributed by atoms with Crippen LogP contribution in [0.5, 0.6) is 5.75 Å². The maximum atomic E-state index is 5.23. The lowest BCUT2D eigenvalue weighted by molar-refractivity contribution is 0.413. The van der Waals surface area contributed by atoms with Crippen molar-refractivity contribution >= 4 is 5.57 Å². The van der Waals surface area contributed by atoms with Gasteiger partial charge in [0, 0.05) is 5.56 Å². The van der Waals surface area contributed by atoms with Gasteiger partial charge in [0.15, 0.2) is 0 Å². The lowest BCUT2D eigenvalue weighted by Gasteiger charge is -2.08. The summed E-state index contributed by atoms with van der Waals surface area (Å²) in [5.41, 5.74) is 3.33. The molecule has 0 bridgehead atoms. The van der Waals surface area contributed by atoms with Crippen LogP contribution in [0.15, 0.2) is 24.8 Å². The van der Waals surface area contributed by atoms with Crippen LogP contribution in [-0.2, 0) is 0 Å². The van der Waals surface area contributed by atoms with E-state index in [-0.39, 0.29) is 0 Å². The van der Waals surface area contributed by atoms with Crippen LogP contribution in [0.4, 0.5) is 0 Å². The second kappa shape index (κ2) is 3.44. The molecule has 0 amide bonds. The summed E-state index contributed by atoms with van der Waals surface area (Å²) in [6.07, 6.45) is 0. The molecule has 1 heteroatoms. The quantitative estimate of drug-likeness (QED) is 0.649. The molecule has 64 valence electrons. The molecule has 0 aromatic heterocycles. The van der Waals surface area contributed by atoms with E-state index in [1.54, 1.807) is 7.11 Å². The Morgan fingerprint density at radius 1 is 1.42 bits per heavy atom. The molecule has 0 fully saturated rings. The van der Waals surface area contributed by atoms with Gasteiger partial charge in [-0.3, -0.25) is 0 Å². The lowest BCUT2D eigenvalue weighted by Crippen LogP contribution is -1.89.